The Morgan fingerprint density at radius 3 is 2.43 bits per heavy atom. The van der Waals surface area contributed by atoms with E-state index in [1.54, 1.807) is 0 Å². The number of rotatable bonds is 6. The van der Waals surface area contributed by atoms with Crippen molar-refractivity contribution < 1.29 is 9.84 Å². The maximum absolute atomic E-state index is 9.81. The summed E-state index contributed by atoms with van der Waals surface area (Å²) in [5.74, 6) is 1.46. The first-order valence-electron chi connectivity index (χ1n) is 7.86. The molecule has 1 aromatic rings. The number of hydrogen-bond acceptors (Lipinski definition) is 3. The molecule has 2 rings (SSSR count). The number of hydrogen-bond donors (Lipinski definition) is 2. The average molecular weight is 291 g/mol. The molecule has 2 N–H and O–H groups in total. The lowest BCUT2D eigenvalue weighted by Crippen LogP contribution is -2.53. The first-order chi connectivity index (χ1) is 9.82. The van der Waals surface area contributed by atoms with Crippen molar-refractivity contribution in [2.45, 2.75) is 51.5 Å². The van der Waals surface area contributed by atoms with Crippen LogP contribution < -0.4 is 10.1 Å². The monoisotopic (exact) mass is 291 g/mol. The van der Waals surface area contributed by atoms with Crippen molar-refractivity contribution in [1.29, 1.82) is 0 Å². The molecule has 3 heteroatoms. The van der Waals surface area contributed by atoms with Crippen LogP contribution in [0.5, 0.6) is 5.75 Å². The first kappa shape index (κ1) is 16.3. The molecule has 0 aliphatic heterocycles. The summed E-state index contributed by atoms with van der Waals surface area (Å²) in [6.45, 7) is 9.30. The second-order valence-corrected chi connectivity index (χ2v) is 7.38. The third-order valence-corrected chi connectivity index (χ3v) is 4.57. The molecule has 0 heterocycles. The molecule has 0 bridgehead atoms. The Morgan fingerprint density at radius 2 is 1.95 bits per heavy atom. The fourth-order valence-electron chi connectivity index (χ4n) is 2.86. The van der Waals surface area contributed by atoms with Gasteiger partial charge in [-0.3, -0.25) is 0 Å². The van der Waals surface area contributed by atoms with E-state index in [0.29, 0.717) is 12.5 Å². The molecule has 1 aliphatic rings. The van der Waals surface area contributed by atoms with E-state index in [9.17, 15) is 5.11 Å². The minimum absolute atomic E-state index is 0.0458. The van der Waals surface area contributed by atoms with E-state index >= 15 is 0 Å². The molecule has 1 fully saturated rings. The molecular weight excluding hydrogens is 262 g/mol. The molecule has 1 saturated carbocycles. The smallest absolute Gasteiger partial charge is 0.123 e. The van der Waals surface area contributed by atoms with Crippen LogP contribution in [-0.4, -0.2) is 30.9 Å². The Labute approximate surface area is 128 Å². The molecule has 1 aromatic carbocycles. The molecular formula is C18H29NO2. The number of nitrogens with one attached hydrogen (secondary N) is 1. The van der Waals surface area contributed by atoms with Crippen molar-refractivity contribution in [2.75, 3.05) is 20.3 Å². The lowest BCUT2D eigenvalue weighted by Gasteiger charge is -2.33. The fourth-order valence-corrected chi connectivity index (χ4v) is 2.86. The second kappa shape index (κ2) is 5.98. The topological polar surface area (TPSA) is 41.5 Å². The van der Waals surface area contributed by atoms with E-state index < -0.39 is 0 Å². The number of ether oxygens (including phenoxy) is 1. The van der Waals surface area contributed by atoms with Gasteiger partial charge in [-0.25, -0.2) is 0 Å². The predicted molar refractivity (Wildman–Crippen MR) is 87.0 cm³/mol. The first-order valence-corrected chi connectivity index (χ1v) is 7.86. The predicted octanol–water partition coefficient (Wildman–Crippen LogP) is 3.03. The maximum atomic E-state index is 9.81. The van der Waals surface area contributed by atoms with Crippen LogP contribution in [0.2, 0.25) is 0 Å². The van der Waals surface area contributed by atoms with Gasteiger partial charge >= 0.3 is 0 Å². The van der Waals surface area contributed by atoms with Crippen LogP contribution in [0.4, 0.5) is 0 Å². The molecule has 1 aliphatic carbocycles. The van der Waals surface area contributed by atoms with E-state index in [1.165, 1.54) is 24.0 Å². The number of aliphatic hydroxyl groups excluding tert-OH is 1. The van der Waals surface area contributed by atoms with Gasteiger partial charge in [0.25, 0.3) is 0 Å². The van der Waals surface area contributed by atoms with Gasteiger partial charge in [-0.1, -0.05) is 32.9 Å². The van der Waals surface area contributed by atoms with Crippen molar-refractivity contribution in [3.63, 3.8) is 0 Å². The molecule has 0 aromatic heterocycles. The van der Waals surface area contributed by atoms with Crippen LogP contribution in [0.3, 0.4) is 0 Å². The number of aliphatic hydroxyl groups is 1. The number of likely N-dealkylation sites (N-methyl/N-ethyl adjacent to an activating group) is 1. The van der Waals surface area contributed by atoms with Crippen molar-refractivity contribution in [1.82, 2.24) is 5.32 Å². The highest BCUT2D eigenvalue weighted by Gasteiger charge is 2.44. The minimum Gasteiger partial charge on any atom is -0.491 e. The maximum Gasteiger partial charge on any atom is 0.123 e. The zero-order valence-corrected chi connectivity index (χ0v) is 14.0. The summed E-state index contributed by atoms with van der Waals surface area (Å²) in [6, 6.07) is 6.39. The van der Waals surface area contributed by atoms with E-state index in [-0.39, 0.29) is 17.6 Å². The van der Waals surface area contributed by atoms with Crippen molar-refractivity contribution in [3.05, 3.63) is 29.3 Å². The molecule has 1 atom stereocenters. The Kier molecular flexibility index (Phi) is 4.64. The van der Waals surface area contributed by atoms with Crippen LogP contribution in [0.15, 0.2) is 18.2 Å². The van der Waals surface area contributed by atoms with Crippen molar-refractivity contribution >= 4 is 0 Å². The van der Waals surface area contributed by atoms with Crippen molar-refractivity contribution in [3.8, 4) is 5.75 Å². The quantitative estimate of drug-likeness (QED) is 0.846. The van der Waals surface area contributed by atoms with Gasteiger partial charge in [0.2, 0.25) is 0 Å². The highest BCUT2D eigenvalue weighted by atomic mass is 16.5. The third-order valence-electron chi connectivity index (χ3n) is 4.57. The molecule has 0 amide bonds. The lowest BCUT2D eigenvalue weighted by molar-refractivity contribution is 0.0905. The summed E-state index contributed by atoms with van der Waals surface area (Å²) in [4.78, 5) is 0. The molecule has 21 heavy (non-hydrogen) atoms. The summed E-state index contributed by atoms with van der Waals surface area (Å²) in [7, 11) is 1.92. The fraction of sp³-hybridized carbons (Fsp3) is 0.667. The SMILES string of the molecule is CNC(CO)(COc1cc(C)ccc1C(C)(C)C)C1CC1. The van der Waals surface area contributed by atoms with Gasteiger partial charge in [-0.15, -0.1) is 0 Å². The zero-order chi connectivity index (χ0) is 15.7. The van der Waals surface area contributed by atoms with Gasteiger partial charge in [-0.05, 0) is 55.3 Å². The van der Waals surface area contributed by atoms with Crippen LogP contribution in [0.1, 0.15) is 44.7 Å². The van der Waals surface area contributed by atoms with Crippen LogP contribution in [0.25, 0.3) is 0 Å². The lowest BCUT2D eigenvalue weighted by atomic mass is 9.86. The van der Waals surface area contributed by atoms with E-state index in [0.717, 1.165) is 5.75 Å². The summed E-state index contributed by atoms with van der Waals surface area (Å²) in [5, 5.41) is 13.1. The van der Waals surface area contributed by atoms with Gasteiger partial charge in [0, 0.05) is 0 Å². The molecule has 0 radical (unpaired) electrons. The highest BCUT2D eigenvalue weighted by molar-refractivity contribution is 5.41. The van der Waals surface area contributed by atoms with Crippen LogP contribution >= 0.6 is 0 Å². The molecule has 3 nitrogen and oxygen atoms in total. The Hall–Kier alpha value is -1.06. The standard InChI is InChI=1S/C18H29NO2/c1-13-6-9-15(17(2,3)4)16(10-13)21-12-18(11-20,19-5)14-7-8-14/h6,9-10,14,19-20H,7-8,11-12H2,1-5H3. The molecule has 118 valence electrons. The molecule has 0 spiro atoms. The summed E-state index contributed by atoms with van der Waals surface area (Å²) in [6.07, 6.45) is 2.34. The van der Waals surface area contributed by atoms with Crippen molar-refractivity contribution in [2.24, 2.45) is 5.92 Å². The third kappa shape index (κ3) is 3.58. The Balaban J connectivity index is 2.21. The second-order valence-electron chi connectivity index (χ2n) is 7.38. The molecule has 1 unspecified atom stereocenters. The molecule has 0 saturated heterocycles. The summed E-state index contributed by atoms with van der Waals surface area (Å²) < 4.78 is 6.17. The van der Waals surface area contributed by atoms with E-state index in [2.05, 4.69) is 51.2 Å². The van der Waals surface area contributed by atoms with Gasteiger partial charge in [0.1, 0.15) is 12.4 Å². The summed E-state index contributed by atoms with van der Waals surface area (Å²) in [5.41, 5.74) is 2.15. The number of benzene rings is 1. The van der Waals surface area contributed by atoms with E-state index in [4.69, 9.17) is 4.74 Å². The largest absolute Gasteiger partial charge is 0.491 e. The normalized spacial score (nSPS) is 18.4. The van der Waals surface area contributed by atoms with Gasteiger partial charge in [0.15, 0.2) is 0 Å². The van der Waals surface area contributed by atoms with Crippen LogP contribution in [-0.2, 0) is 5.41 Å². The van der Waals surface area contributed by atoms with Gasteiger partial charge in [-0.2, -0.15) is 0 Å². The Morgan fingerprint density at radius 1 is 1.29 bits per heavy atom. The van der Waals surface area contributed by atoms with Gasteiger partial charge < -0.3 is 15.2 Å². The summed E-state index contributed by atoms with van der Waals surface area (Å²) >= 11 is 0. The van der Waals surface area contributed by atoms with Gasteiger partial charge in [0.05, 0.1) is 12.1 Å². The Bertz CT molecular complexity index is 482. The zero-order valence-electron chi connectivity index (χ0n) is 14.0. The number of aryl methyl sites for hydroxylation is 1. The van der Waals surface area contributed by atoms with Crippen LogP contribution in [0, 0.1) is 12.8 Å². The average Bonchev–Trinajstić information content (AvgIpc) is 3.24. The minimum atomic E-state index is -0.307. The van der Waals surface area contributed by atoms with E-state index in [1.807, 2.05) is 7.05 Å². The highest BCUT2D eigenvalue weighted by Crippen LogP contribution is 2.40.